The third-order valence-corrected chi connectivity index (χ3v) is 5.53. The quantitative estimate of drug-likeness (QED) is 0.628. The van der Waals surface area contributed by atoms with Gasteiger partial charge in [0.2, 0.25) is 0 Å². The van der Waals surface area contributed by atoms with E-state index in [1.807, 2.05) is 41.3 Å². The number of carbonyl (C=O) groups excluding carboxylic acids is 1. The second-order valence-electron chi connectivity index (χ2n) is 6.77. The first-order valence-corrected chi connectivity index (χ1v) is 10.2. The standard InChI is InChI=1S/C22H22N2O2S/c25-22(19-5-3-18(4-6-19)20-9-13-27-16-20)24(15-21-2-1-12-26-21)14-17-7-10-23-11-8-17/h3-11,13,16,21H,1-2,12,14-15H2/t21-/m0/s1. The Hall–Kier alpha value is -2.50. The average molecular weight is 378 g/mol. The molecule has 1 aromatic carbocycles. The van der Waals surface area contributed by atoms with Crippen molar-refractivity contribution in [2.24, 2.45) is 0 Å². The number of hydrogen-bond acceptors (Lipinski definition) is 4. The van der Waals surface area contributed by atoms with Crippen molar-refractivity contribution >= 4 is 17.2 Å². The molecule has 1 atom stereocenters. The molecule has 4 nitrogen and oxygen atoms in total. The van der Waals surface area contributed by atoms with Crippen LogP contribution in [0.2, 0.25) is 0 Å². The maximum atomic E-state index is 13.2. The predicted molar refractivity (Wildman–Crippen MR) is 108 cm³/mol. The van der Waals surface area contributed by atoms with Crippen molar-refractivity contribution < 1.29 is 9.53 Å². The fourth-order valence-corrected chi connectivity index (χ4v) is 4.04. The third kappa shape index (κ3) is 4.43. The number of nitrogens with zero attached hydrogens (tertiary/aromatic N) is 2. The summed E-state index contributed by atoms with van der Waals surface area (Å²) >= 11 is 1.67. The van der Waals surface area contributed by atoms with Gasteiger partial charge >= 0.3 is 0 Å². The van der Waals surface area contributed by atoms with Gasteiger partial charge in [-0.15, -0.1) is 0 Å². The van der Waals surface area contributed by atoms with Crippen LogP contribution in [0.15, 0.2) is 65.6 Å². The van der Waals surface area contributed by atoms with Crippen LogP contribution >= 0.6 is 11.3 Å². The molecule has 3 aromatic rings. The summed E-state index contributed by atoms with van der Waals surface area (Å²) in [5.41, 5.74) is 4.10. The van der Waals surface area contributed by atoms with E-state index in [-0.39, 0.29) is 12.0 Å². The van der Waals surface area contributed by atoms with Crippen LogP contribution in [0.3, 0.4) is 0 Å². The lowest BCUT2D eigenvalue weighted by molar-refractivity contribution is 0.0507. The Morgan fingerprint density at radius 3 is 2.59 bits per heavy atom. The number of ether oxygens (including phenoxy) is 1. The number of aromatic nitrogens is 1. The summed E-state index contributed by atoms with van der Waals surface area (Å²) in [5.74, 6) is 0.0409. The van der Waals surface area contributed by atoms with E-state index in [1.54, 1.807) is 23.7 Å². The Morgan fingerprint density at radius 2 is 1.93 bits per heavy atom. The van der Waals surface area contributed by atoms with Crippen molar-refractivity contribution in [1.29, 1.82) is 0 Å². The predicted octanol–water partition coefficient (Wildman–Crippen LogP) is 4.63. The number of thiophene rings is 1. The zero-order chi connectivity index (χ0) is 18.5. The molecule has 1 fully saturated rings. The lowest BCUT2D eigenvalue weighted by atomic mass is 10.1. The highest BCUT2D eigenvalue weighted by Crippen LogP contribution is 2.23. The molecule has 0 unspecified atom stereocenters. The van der Waals surface area contributed by atoms with E-state index in [9.17, 15) is 4.79 Å². The van der Waals surface area contributed by atoms with Gasteiger partial charge in [-0.05, 0) is 70.6 Å². The van der Waals surface area contributed by atoms with Gasteiger partial charge in [0.1, 0.15) is 0 Å². The summed E-state index contributed by atoms with van der Waals surface area (Å²) in [6.45, 7) is 1.97. The number of carbonyl (C=O) groups is 1. The molecule has 1 amide bonds. The topological polar surface area (TPSA) is 42.4 Å². The van der Waals surface area contributed by atoms with E-state index in [4.69, 9.17) is 4.74 Å². The molecule has 0 radical (unpaired) electrons. The largest absolute Gasteiger partial charge is 0.376 e. The minimum absolute atomic E-state index is 0.0409. The number of benzene rings is 1. The third-order valence-electron chi connectivity index (χ3n) is 4.84. The maximum absolute atomic E-state index is 13.2. The van der Waals surface area contributed by atoms with Gasteiger partial charge in [-0.25, -0.2) is 0 Å². The molecular weight excluding hydrogens is 356 g/mol. The van der Waals surface area contributed by atoms with E-state index in [0.717, 1.165) is 30.6 Å². The normalized spacial score (nSPS) is 16.4. The molecule has 5 heteroatoms. The van der Waals surface area contributed by atoms with Crippen LogP contribution in [0.1, 0.15) is 28.8 Å². The van der Waals surface area contributed by atoms with Crippen LogP contribution in [0, 0.1) is 0 Å². The number of rotatable bonds is 6. The highest BCUT2D eigenvalue weighted by molar-refractivity contribution is 7.08. The van der Waals surface area contributed by atoms with E-state index in [1.165, 1.54) is 5.56 Å². The number of amides is 1. The second kappa shape index (κ2) is 8.46. The molecule has 1 saturated heterocycles. The SMILES string of the molecule is O=C(c1ccc(-c2ccsc2)cc1)N(Cc1ccncc1)C[C@@H]1CCCO1. The first-order valence-electron chi connectivity index (χ1n) is 9.22. The molecule has 1 aliphatic heterocycles. The summed E-state index contributed by atoms with van der Waals surface area (Å²) < 4.78 is 5.77. The van der Waals surface area contributed by atoms with Crippen LogP contribution in [0.25, 0.3) is 11.1 Å². The van der Waals surface area contributed by atoms with Crippen molar-refractivity contribution in [2.75, 3.05) is 13.2 Å². The van der Waals surface area contributed by atoms with Gasteiger partial charge in [0.25, 0.3) is 5.91 Å². The highest BCUT2D eigenvalue weighted by Gasteiger charge is 2.23. The monoisotopic (exact) mass is 378 g/mol. The number of pyridine rings is 1. The number of hydrogen-bond donors (Lipinski definition) is 0. The van der Waals surface area contributed by atoms with Gasteiger partial charge < -0.3 is 9.64 Å². The second-order valence-corrected chi connectivity index (χ2v) is 7.55. The molecule has 4 rings (SSSR count). The molecular formula is C22H22N2O2S. The molecule has 1 aliphatic rings. The first-order chi connectivity index (χ1) is 13.3. The highest BCUT2D eigenvalue weighted by atomic mass is 32.1. The fraction of sp³-hybridized carbons (Fsp3) is 0.273. The van der Waals surface area contributed by atoms with Gasteiger partial charge in [-0.1, -0.05) is 12.1 Å². The van der Waals surface area contributed by atoms with Crippen LogP contribution in [-0.2, 0) is 11.3 Å². The molecule has 2 aromatic heterocycles. The Labute approximate surface area is 163 Å². The summed E-state index contributed by atoms with van der Waals surface area (Å²) in [6.07, 6.45) is 5.73. The smallest absolute Gasteiger partial charge is 0.254 e. The van der Waals surface area contributed by atoms with E-state index < -0.39 is 0 Å². The van der Waals surface area contributed by atoms with Gasteiger partial charge in [-0.2, -0.15) is 11.3 Å². The van der Waals surface area contributed by atoms with Gasteiger partial charge in [0.05, 0.1) is 6.10 Å². The summed E-state index contributed by atoms with van der Waals surface area (Å²) in [7, 11) is 0. The van der Waals surface area contributed by atoms with E-state index in [2.05, 4.69) is 21.8 Å². The summed E-state index contributed by atoms with van der Waals surface area (Å²) in [4.78, 5) is 19.2. The molecule has 138 valence electrons. The van der Waals surface area contributed by atoms with Crippen molar-refractivity contribution in [3.8, 4) is 11.1 Å². The molecule has 0 aliphatic carbocycles. The van der Waals surface area contributed by atoms with E-state index in [0.29, 0.717) is 18.7 Å². The average Bonchev–Trinajstić information content (AvgIpc) is 3.42. The minimum atomic E-state index is 0.0409. The van der Waals surface area contributed by atoms with Crippen LogP contribution in [0.4, 0.5) is 0 Å². The molecule has 0 saturated carbocycles. The molecule has 0 spiro atoms. The Bertz CT molecular complexity index is 857. The van der Waals surface area contributed by atoms with Gasteiger partial charge in [0, 0.05) is 37.7 Å². The van der Waals surface area contributed by atoms with Crippen LogP contribution < -0.4 is 0 Å². The lowest BCUT2D eigenvalue weighted by Crippen LogP contribution is -2.37. The fourth-order valence-electron chi connectivity index (χ4n) is 3.38. The van der Waals surface area contributed by atoms with Crippen molar-refractivity contribution in [2.45, 2.75) is 25.5 Å². The Balaban J connectivity index is 1.53. The van der Waals surface area contributed by atoms with Crippen LogP contribution in [0.5, 0.6) is 0 Å². The Kier molecular flexibility index (Phi) is 5.61. The molecule has 0 bridgehead atoms. The molecule has 27 heavy (non-hydrogen) atoms. The first kappa shape index (κ1) is 17.9. The Morgan fingerprint density at radius 1 is 1.11 bits per heavy atom. The summed E-state index contributed by atoms with van der Waals surface area (Å²) in [5, 5.41) is 4.18. The van der Waals surface area contributed by atoms with E-state index >= 15 is 0 Å². The minimum Gasteiger partial charge on any atom is -0.376 e. The summed E-state index contributed by atoms with van der Waals surface area (Å²) in [6, 6.07) is 13.9. The zero-order valence-electron chi connectivity index (χ0n) is 15.1. The zero-order valence-corrected chi connectivity index (χ0v) is 15.9. The van der Waals surface area contributed by atoms with Gasteiger partial charge in [-0.3, -0.25) is 9.78 Å². The molecule has 3 heterocycles. The lowest BCUT2D eigenvalue weighted by Gasteiger charge is -2.26. The van der Waals surface area contributed by atoms with Gasteiger partial charge in [0.15, 0.2) is 0 Å². The van der Waals surface area contributed by atoms with Crippen molar-refractivity contribution in [1.82, 2.24) is 9.88 Å². The van der Waals surface area contributed by atoms with Crippen molar-refractivity contribution in [3.63, 3.8) is 0 Å². The molecule has 0 N–H and O–H groups in total. The van der Waals surface area contributed by atoms with Crippen LogP contribution in [-0.4, -0.2) is 35.0 Å². The van der Waals surface area contributed by atoms with Crippen molar-refractivity contribution in [3.05, 3.63) is 76.7 Å². The maximum Gasteiger partial charge on any atom is 0.254 e.